The molecule has 0 saturated heterocycles. The van der Waals surface area contributed by atoms with Gasteiger partial charge in [0.15, 0.2) is 5.96 Å². The van der Waals surface area contributed by atoms with Crippen LogP contribution in [-0.2, 0) is 14.6 Å². The molecule has 1 aliphatic rings. The van der Waals surface area contributed by atoms with Gasteiger partial charge in [0, 0.05) is 36.9 Å². The molecule has 1 fully saturated rings. The standard InChI is InChI=1S/C18H37N3O3S.HI/c1-7-9-11-24-16-13-15(18(16,4)5)21-17(19-8-2)20-14(3)10-12-25(6,22)23;/h14-16H,7-13H2,1-6H3,(H2,19,20,21);1H. The number of rotatable bonds is 10. The molecule has 26 heavy (non-hydrogen) atoms. The van der Waals surface area contributed by atoms with Gasteiger partial charge in [-0.2, -0.15) is 0 Å². The zero-order valence-electron chi connectivity index (χ0n) is 17.2. The summed E-state index contributed by atoms with van der Waals surface area (Å²) < 4.78 is 28.6. The van der Waals surface area contributed by atoms with E-state index in [0.29, 0.717) is 19.0 Å². The van der Waals surface area contributed by atoms with Crippen molar-refractivity contribution in [3.63, 3.8) is 0 Å². The largest absolute Gasteiger partial charge is 0.378 e. The quantitative estimate of drug-likeness (QED) is 0.208. The number of guanidine groups is 1. The molecule has 0 aromatic heterocycles. The Bertz CT molecular complexity index is 538. The topological polar surface area (TPSA) is 79.8 Å². The van der Waals surface area contributed by atoms with E-state index in [-0.39, 0.29) is 47.3 Å². The Morgan fingerprint density at radius 2 is 2.00 bits per heavy atom. The summed E-state index contributed by atoms with van der Waals surface area (Å²) >= 11 is 0. The van der Waals surface area contributed by atoms with Gasteiger partial charge in [-0.1, -0.05) is 27.2 Å². The van der Waals surface area contributed by atoms with Gasteiger partial charge in [0.2, 0.25) is 0 Å². The molecule has 3 atom stereocenters. The summed E-state index contributed by atoms with van der Waals surface area (Å²) in [4.78, 5) is 4.50. The van der Waals surface area contributed by atoms with Crippen molar-refractivity contribution in [3.8, 4) is 0 Å². The van der Waals surface area contributed by atoms with Gasteiger partial charge in [-0.05, 0) is 33.1 Å². The minimum absolute atomic E-state index is 0. The van der Waals surface area contributed by atoms with Gasteiger partial charge in [0.05, 0.1) is 11.9 Å². The van der Waals surface area contributed by atoms with E-state index in [2.05, 4.69) is 36.4 Å². The lowest BCUT2D eigenvalue weighted by atomic mass is 9.64. The van der Waals surface area contributed by atoms with Crippen LogP contribution >= 0.6 is 24.0 Å². The van der Waals surface area contributed by atoms with Crippen LogP contribution in [0.25, 0.3) is 0 Å². The molecular weight excluding hydrogens is 465 g/mol. The minimum Gasteiger partial charge on any atom is -0.378 e. The molecule has 0 aliphatic heterocycles. The van der Waals surface area contributed by atoms with Gasteiger partial charge >= 0.3 is 0 Å². The molecule has 8 heteroatoms. The smallest absolute Gasteiger partial charge is 0.191 e. The van der Waals surface area contributed by atoms with E-state index in [1.165, 1.54) is 6.26 Å². The third-order valence-electron chi connectivity index (χ3n) is 4.93. The number of nitrogens with zero attached hydrogens (tertiary/aromatic N) is 1. The Hall–Kier alpha value is -0.0900. The first-order chi connectivity index (χ1) is 11.6. The van der Waals surface area contributed by atoms with Gasteiger partial charge in [-0.3, -0.25) is 4.99 Å². The van der Waals surface area contributed by atoms with Gasteiger partial charge in [0.25, 0.3) is 0 Å². The number of ether oxygens (including phenoxy) is 1. The molecule has 0 aromatic rings. The van der Waals surface area contributed by atoms with Crippen LogP contribution in [0, 0.1) is 5.41 Å². The Kier molecular flexibility index (Phi) is 11.6. The van der Waals surface area contributed by atoms with Crippen LogP contribution in [0.2, 0.25) is 0 Å². The van der Waals surface area contributed by atoms with E-state index in [9.17, 15) is 8.42 Å². The third kappa shape index (κ3) is 8.73. The molecule has 0 aromatic carbocycles. The molecule has 6 nitrogen and oxygen atoms in total. The zero-order chi connectivity index (χ0) is 19.1. The van der Waals surface area contributed by atoms with Gasteiger partial charge < -0.3 is 15.4 Å². The molecule has 0 amide bonds. The average molecular weight is 503 g/mol. The van der Waals surface area contributed by atoms with E-state index in [1.807, 2.05) is 13.8 Å². The number of hydrogen-bond donors (Lipinski definition) is 2. The summed E-state index contributed by atoms with van der Waals surface area (Å²) in [6.45, 7) is 12.1. The summed E-state index contributed by atoms with van der Waals surface area (Å²) in [5.41, 5.74) is 0.0555. The molecule has 3 unspecified atom stereocenters. The number of nitrogens with one attached hydrogen (secondary N) is 2. The van der Waals surface area contributed by atoms with Crippen molar-refractivity contribution < 1.29 is 13.2 Å². The maximum absolute atomic E-state index is 11.3. The van der Waals surface area contributed by atoms with Crippen molar-refractivity contribution in [1.82, 2.24) is 10.6 Å². The summed E-state index contributed by atoms with van der Waals surface area (Å²) in [5, 5.41) is 6.83. The molecule has 0 bridgehead atoms. The maximum Gasteiger partial charge on any atom is 0.191 e. The Labute approximate surface area is 177 Å². The first kappa shape index (κ1) is 25.9. The number of unbranched alkanes of at least 4 members (excludes halogenated alkanes) is 1. The number of sulfone groups is 1. The SMILES string of the molecule is CCCCOC1CC(NC(=NCC)NC(C)CCS(C)(=O)=O)C1(C)C.I. The van der Waals surface area contributed by atoms with E-state index in [0.717, 1.165) is 31.8 Å². The van der Waals surface area contributed by atoms with Gasteiger partial charge in [-0.25, -0.2) is 8.42 Å². The summed E-state index contributed by atoms with van der Waals surface area (Å²) in [6, 6.07) is 0.353. The van der Waals surface area contributed by atoms with Crippen molar-refractivity contribution in [2.75, 3.05) is 25.2 Å². The highest BCUT2D eigenvalue weighted by atomic mass is 127. The highest BCUT2D eigenvalue weighted by Gasteiger charge is 2.49. The van der Waals surface area contributed by atoms with Crippen molar-refractivity contribution in [2.24, 2.45) is 10.4 Å². The number of aliphatic imine (C=N–C) groups is 1. The van der Waals surface area contributed by atoms with Crippen LogP contribution in [-0.4, -0.2) is 57.7 Å². The summed E-state index contributed by atoms with van der Waals surface area (Å²) in [6.07, 6.45) is 5.35. The highest BCUT2D eigenvalue weighted by Crippen LogP contribution is 2.42. The van der Waals surface area contributed by atoms with Crippen LogP contribution in [0.15, 0.2) is 4.99 Å². The fourth-order valence-corrected chi connectivity index (χ4v) is 3.72. The minimum atomic E-state index is -2.94. The lowest BCUT2D eigenvalue weighted by Gasteiger charge is -2.52. The molecule has 1 rings (SSSR count). The molecule has 0 heterocycles. The first-order valence-electron chi connectivity index (χ1n) is 9.47. The number of hydrogen-bond acceptors (Lipinski definition) is 4. The molecule has 1 saturated carbocycles. The maximum atomic E-state index is 11.3. The summed E-state index contributed by atoms with van der Waals surface area (Å²) in [7, 11) is -2.94. The van der Waals surface area contributed by atoms with Gasteiger partial charge in [-0.15, -0.1) is 24.0 Å². The second-order valence-corrected chi connectivity index (χ2v) is 10.0. The molecule has 1 aliphatic carbocycles. The Balaban J connectivity index is 0.00000625. The van der Waals surface area contributed by atoms with Crippen molar-refractivity contribution in [3.05, 3.63) is 0 Å². The normalized spacial score (nSPS) is 23.5. The second kappa shape index (κ2) is 11.7. The van der Waals surface area contributed by atoms with Crippen LogP contribution in [0.1, 0.15) is 60.3 Å². The van der Waals surface area contributed by atoms with E-state index < -0.39 is 9.84 Å². The predicted octanol–water partition coefficient (Wildman–Crippen LogP) is 2.97. The zero-order valence-corrected chi connectivity index (χ0v) is 20.3. The van der Waals surface area contributed by atoms with E-state index in [4.69, 9.17) is 4.74 Å². The Morgan fingerprint density at radius 1 is 1.35 bits per heavy atom. The van der Waals surface area contributed by atoms with E-state index >= 15 is 0 Å². The summed E-state index contributed by atoms with van der Waals surface area (Å²) in [5.74, 6) is 0.941. The lowest BCUT2D eigenvalue weighted by Crippen LogP contribution is -2.64. The fourth-order valence-electron chi connectivity index (χ4n) is 2.94. The van der Waals surface area contributed by atoms with Crippen molar-refractivity contribution >= 4 is 39.8 Å². The molecular formula is C18H38IN3O3S. The third-order valence-corrected chi connectivity index (χ3v) is 5.90. The fraction of sp³-hybridized carbons (Fsp3) is 0.944. The number of halogens is 1. The second-order valence-electron chi connectivity index (χ2n) is 7.75. The monoisotopic (exact) mass is 503 g/mol. The van der Waals surface area contributed by atoms with E-state index in [1.54, 1.807) is 0 Å². The lowest BCUT2D eigenvalue weighted by molar-refractivity contribution is -0.113. The predicted molar refractivity (Wildman–Crippen MR) is 120 cm³/mol. The van der Waals surface area contributed by atoms with Crippen LogP contribution in [0.3, 0.4) is 0 Å². The van der Waals surface area contributed by atoms with Crippen LogP contribution in [0.4, 0.5) is 0 Å². The molecule has 2 N–H and O–H groups in total. The van der Waals surface area contributed by atoms with Crippen LogP contribution in [0.5, 0.6) is 0 Å². The average Bonchev–Trinajstić information content (AvgIpc) is 2.51. The first-order valence-corrected chi connectivity index (χ1v) is 11.5. The highest BCUT2D eigenvalue weighted by molar-refractivity contribution is 14.0. The molecule has 0 spiro atoms. The van der Waals surface area contributed by atoms with Gasteiger partial charge in [0.1, 0.15) is 9.84 Å². The van der Waals surface area contributed by atoms with Crippen LogP contribution < -0.4 is 10.6 Å². The molecule has 0 radical (unpaired) electrons. The van der Waals surface area contributed by atoms with Crippen molar-refractivity contribution in [2.45, 2.75) is 78.5 Å². The van der Waals surface area contributed by atoms with Crippen molar-refractivity contribution in [1.29, 1.82) is 0 Å². The Morgan fingerprint density at radius 3 is 2.50 bits per heavy atom. The molecule has 156 valence electrons.